The Labute approximate surface area is 107 Å². The van der Waals surface area contributed by atoms with Crippen molar-refractivity contribution in [3.63, 3.8) is 0 Å². The van der Waals surface area contributed by atoms with Crippen LogP contribution in [0.5, 0.6) is 0 Å². The lowest BCUT2D eigenvalue weighted by atomic mass is 9.97. The molecule has 1 aromatic rings. The zero-order valence-corrected chi connectivity index (χ0v) is 10.6. The second kappa shape index (κ2) is 5.98. The lowest BCUT2D eigenvalue weighted by molar-refractivity contribution is -0.125. The Bertz CT molecular complexity index is 394. The largest absolute Gasteiger partial charge is 0.387 e. The first-order valence-corrected chi connectivity index (χ1v) is 6.40. The maximum atomic E-state index is 11.9. The molecule has 1 aliphatic heterocycles. The van der Waals surface area contributed by atoms with E-state index in [1.165, 1.54) is 0 Å². The average molecular weight is 248 g/mol. The summed E-state index contributed by atoms with van der Waals surface area (Å²) in [7, 11) is 0. The van der Waals surface area contributed by atoms with Crippen molar-refractivity contribution in [2.75, 3.05) is 19.6 Å². The molecule has 2 rings (SSSR count). The lowest BCUT2D eigenvalue weighted by Gasteiger charge is -2.16. The second-order valence-corrected chi connectivity index (χ2v) is 4.91. The zero-order valence-electron chi connectivity index (χ0n) is 10.6. The number of hydrogen-bond acceptors (Lipinski definition) is 3. The van der Waals surface area contributed by atoms with Gasteiger partial charge < -0.3 is 15.7 Å². The Morgan fingerprint density at radius 3 is 2.78 bits per heavy atom. The molecule has 98 valence electrons. The van der Waals surface area contributed by atoms with Gasteiger partial charge in [0.15, 0.2) is 0 Å². The molecule has 1 aromatic carbocycles. The molecule has 1 amide bonds. The number of hydrogen-bond donors (Lipinski definition) is 3. The summed E-state index contributed by atoms with van der Waals surface area (Å²) in [6.45, 7) is 3.96. The predicted molar refractivity (Wildman–Crippen MR) is 69.9 cm³/mol. The van der Waals surface area contributed by atoms with Crippen molar-refractivity contribution in [2.24, 2.45) is 11.8 Å². The summed E-state index contributed by atoms with van der Waals surface area (Å²) in [5, 5.41) is 16.0. The molecule has 3 atom stereocenters. The Hall–Kier alpha value is -1.39. The van der Waals surface area contributed by atoms with E-state index in [0.717, 1.165) is 18.7 Å². The second-order valence-electron chi connectivity index (χ2n) is 4.91. The highest BCUT2D eigenvalue weighted by Crippen LogP contribution is 2.16. The van der Waals surface area contributed by atoms with E-state index in [4.69, 9.17) is 0 Å². The van der Waals surface area contributed by atoms with Crippen LogP contribution in [0.15, 0.2) is 30.3 Å². The van der Waals surface area contributed by atoms with Crippen LogP contribution in [0.1, 0.15) is 18.6 Å². The van der Waals surface area contributed by atoms with Crippen molar-refractivity contribution in [2.45, 2.75) is 13.0 Å². The molecule has 0 bridgehead atoms. The summed E-state index contributed by atoms with van der Waals surface area (Å²) >= 11 is 0. The third kappa shape index (κ3) is 3.09. The van der Waals surface area contributed by atoms with Gasteiger partial charge in [0.2, 0.25) is 5.91 Å². The third-order valence-electron chi connectivity index (χ3n) is 3.51. The molecule has 0 radical (unpaired) electrons. The van der Waals surface area contributed by atoms with E-state index in [2.05, 4.69) is 17.6 Å². The minimum absolute atomic E-state index is 0.0213. The first kappa shape index (κ1) is 13.1. The van der Waals surface area contributed by atoms with Gasteiger partial charge in [-0.2, -0.15) is 0 Å². The average Bonchev–Trinajstić information content (AvgIpc) is 2.83. The summed E-state index contributed by atoms with van der Waals surface area (Å²) in [5.74, 6) is 0.411. The van der Waals surface area contributed by atoms with Gasteiger partial charge >= 0.3 is 0 Å². The van der Waals surface area contributed by atoms with Crippen molar-refractivity contribution < 1.29 is 9.90 Å². The van der Waals surface area contributed by atoms with Crippen LogP contribution in [0.3, 0.4) is 0 Å². The van der Waals surface area contributed by atoms with Crippen molar-refractivity contribution >= 4 is 5.91 Å². The van der Waals surface area contributed by atoms with Gasteiger partial charge in [-0.15, -0.1) is 0 Å². The molecule has 1 saturated heterocycles. The molecule has 3 N–H and O–H groups in total. The van der Waals surface area contributed by atoms with Gasteiger partial charge in [0.1, 0.15) is 0 Å². The van der Waals surface area contributed by atoms with Crippen LogP contribution in [0.4, 0.5) is 0 Å². The van der Waals surface area contributed by atoms with Crippen LogP contribution in [0, 0.1) is 11.8 Å². The molecule has 4 nitrogen and oxygen atoms in total. The molecule has 0 aromatic heterocycles. The van der Waals surface area contributed by atoms with E-state index in [9.17, 15) is 9.90 Å². The Morgan fingerprint density at radius 2 is 2.17 bits per heavy atom. The Kier molecular flexibility index (Phi) is 4.33. The Morgan fingerprint density at radius 1 is 1.44 bits per heavy atom. The van der Waals surface area contributed by atoms with Crippen LogP contribution in [-0.2, 0) is 4.79 Å². The molecule has 0 aliphatic carbocycles. The topological polar surface area (TPSA) is 61.4 Å². The third-order valence-corrected chi connectivity index (χ3v) is 3.51. The van der Waals surface area contributed by atoms with E-state index >= 15 is 0 Å². The van der Waals surface area contributed by atoms with Gasteiger partial charge in [-0.25, -0.2) is 0 Å². The Balaban J connectivity index is 1.83. The number of rotatable bonds is 4. The lowest BCUT2D eigenvalue weighted by Crippen LogP contribution is -2.36. The minimum Gasteiger partial charge on any atom is -0.387 e. The van der Waals surface area contributed by atoms with Crippen LogP contribution in [0.2, 0.25) is 0 Å². The number of carbonyl (C=O) groups is 1. The molecule has 0 saturated carbocycles. The van der Waals surface area contributed by atoms with Crippen molar-refractivity contribution in [1.82, 2.24) is 10.6 Å². The standard InChI is InChI=1S/C14H20N2O2/c1-10-7-15-8-12(10)14(18)16-9-13(17)11-5-3-2-4-6-11/h2-6,10,12-13,15,17H,7-9H2,1H3,(H,16,18)/t10-,12-,13?/m1/s1. The first-order valence-electron chi connectivity index (χ1n) is 6.40. The monoisotopic (exact) mass is 248 g/mol. The summed E-state index contributed by atoms with van der Waals surface area (Å²) in [6, 6.07) is 9.38. The maximum absolute atomic E-state index is 11.9. The van der Waals surface area contributed by atoms with Crippen LogP contribution >= 0.6 is 0 Å². The van der Waals surface area contributed by atoms with E-state index in [1.807, 2.05) is 30.3 Å². The molecule has 1 aliphatic rings. The van der Waals surface area contributed by atoms with Gasteiger partial charge in [-0.1, -0.05) is 37.3 Å². The molecule has 1 unspecified atom stereocenters. The summed E-state index contributed by atoms with van der Waals surface area (Å²) in [4.78, 5) is 11.9. The number of benzene rings is 1. The fourth-order valence-corrected chi connectivity index (χ4v) is 2.28. The molecule has 1 fully saturated rings. The molecular formula is C14H20N2O2. The first-order chi connectivity index (χ1) is 8.68. The SMILES string of the molecule is C[C@@H]1CNC[C@H]1C(=O)NCC(O)c1ccccc1. The highest BCUT2D eigenvalue weighted by Gasteiger charge is 2.29. The quantitative estimate of drug-likeness (QED) is 0.735. The predicted octanol–water partition coefficient (Wildman–Crippen LogP) is 0.692. The number of carbonyl (C=O) groups excluding carboxylic acids is 1. The summed E-state index contributed by atoms with van der Waals surface area (Å²) in [5.41, 5.74) is 0.829. The van der Waals surface area contributed by atoms with Crippen molar-refractivity contribution in [3.05, 3.63) is 35.9 Å². The maximum Gasteiger partial charge on any atom is 0.224 e. The summed E-state index contributed by atoms with van der Waals surface area (Å²) < 4.78 is 0. The number of nitrogens with one attached hydrogen (secondary N) is 2. The van der Waals surface area contributed by atoms with E-state index < -0.39 is 6.10 Å². The molecule has 18 heavy (non-hydrogen) atoms. The van der Waals surface area contributed by atoms with Crippen LogP contribution < -0.4 is 10.6 Å². The normalized spacial score (nSPS) is 24.8. The van der Waals surface area contributed by atoms with Gasteiger partial charge in [-0.3, -0.25) is 4.79 Å². The van der Waals surface area contributed by atoms with Gasteiger partial charge in [0.05, 0.1) is 12.0 Å². The zero-order chi connectivity index (χ0) is 13.0. The van der Waals surface area contributed by atoms with Crippen molar-refractivity contribution in [3.8, 4) is 0 Å². The molecular weight excluding hydrogens is 228 g/mol. The smallest absolute Gasteiger partial charge is 0.224 e. The molecule has 4 heteroatoms. The molecule has 1 heterocycles. The van der Waals surface area contributed by atoms with E-state index in [-0.39, 0.29) is 18.4 Å². The van der Waals surface area contributed by atoms with E-state index in [1.54, 1.807) is 0 Å². The summed E-state index contributed by atoms with van der Waals surface area (Å²) in [6.07, 6.45) is -0.639. The van der Waals surface area contributed by atoms with Gasteiger partial charge in [-0.05, 0) is 18.0 Å². The van der Waals surface area contributed by atoms with Crippen molar-refractivity contribution in [1.29, 1.82) is 0 Å². The van der Waals surface area contributed by atoms with E-state index in [0.29, 0.717) is 5.92 Å². The molecule has 0 spiro atoms. The number of aliphatic hydroxyl groups excluding tert-OH is 1. The van der Waals surface area contributed by atoms with Gasteiger partial charge in [0.25, 0.3) is 0 Å². The minimum atomic E-state index is -0.639. The fraction of sp³-hybridized carbons (Fsp3) is 0.500. The highest BCUT2D eigenvalue weighted by atomic mass is 16.3. The van der Waals surface area contributed by atoms with Gasteiger partial charge in [0, 0.05) is 13.1 Å². The number of aliphatic hydroxyl groups is 1. The van der Waals surface area contributed by atoms with Crippen LogP contribution in [0.25, 0.3) is 0 Å². The fourth-order valence-electron chi connectivity index (χ4n) is 2.28. The number of amides is 1. The van der Waals surface area contributed by atoms with Crippen LogP contribution in [-0.4, -0.2) is 30.6 Å². The highest BCUT2D eigenvalue weighted by molar-refractivity contribution is 5.79.